The van der Waals surface area contributed by atoms with Gasteiger partial charge in [0, 0.05) is 44.9 Å². The molecule has 0 saturated heterocycles. The molecule has 2 aromatic rings. The van der Waals surface area contributed by atoms with E-state index in [1.165, 1.54) is 13.1 Å². The summed E-state index contributed by atoms with van der Waals surface area (Å²) in [7, 11) is 3.27. The Labute approximate surface area is 144 Å². The summed E-state index contributed by atoms with van der Waals surface area (Å²) in [5, 5.41) is 7.95. The first kappa shape index (κ1) is 16.8. The highest BCUT2D eigenvalue weighted by Crippen LogP contribution is 2.23. The molecule has 0 bridgehead atoms. The second-order valence-electron chi connectivity index (χ2n) is 5.79. The first-order valence-corrected chi connectivity index (χ1v) is 7.84. The Kier molecular flexibility index (Phi) is 4.60. The normalized spacial score (nSPS) is 15.7. The van der Waals surface area contributed by atoms with Crippen LogP contribution in [0, 0.1) is 5.82 Å². The molecule has 7 nitrogen and oxygen atoms in total. The van der Waals surface area contributed by atoms with Gasteiger partial charge in [0.05, 0.1) is 0 Å². The number of benzene rings is 1. The molecule has 25 heavy (non-hydrogen) atoms. The minimum absolute atomic E-state index is 0.147. The molecule has 0 spiro atoms. The molecule has 8 heteroatoms. The van der Waals surface area contributed by atoms with Crippen LogP contribution in [0.5, 0.6) is 0 Å². The molecule has 1 atom stereocenters. The van der Waals surface area contributed by atoms with E-state index in [9.17, 15) is 14.0 Å². The Morgan fingerprint density at radius 2 is 2.04 bits per heavy atom. The van der Waals surface area contributed by atoms with E-state index in [1.807, 2.05) is 0 Å². The topological polar surface area (TPSA) is 79.6 Å². The van der Waals surface area contributed by atoms with Crippen LogP contribution >= 0.6 is 0 Å². The van der Waals surface area contributed by atoms with Crippen molar-refractivity contribution < 1.29 is 14.0 Å². The number of nitrogens with one attached hydrogen (secondary N) is 1. The zero-order valence-corrected chi connectivity index (χ0v) is 13.9. The van der Waals surface area contributed by atoms with Crippen molar-refractivity contribution in [1.29, 1.82) is 0 Å². The Morgan fingerprint density at radius 1 is 1.28 bits per heavy atom. The van der Waals surface area contributed by atoms with Gasteiger partial charge in [0.1, 0.15) is 23.4 Å². The summed E-state index contributed by atoms with van der Waals surface area (Å²) < 4.78 is 16.0. The maximum Gasteiger partial charge on any atom is 0.268 e. The summed E-state index contributed by atoms with van der Waals surface area (Å²) in [6.45, 7) is 0. The summed E-state index contributed by atoms with van der Waals surface area (Å²) >= 11 is 0. The molecule has 1 aromatic heterocycles. The zero-order chi connectivity index (χ0) is 18.0. The van der Waals surface area contributed by atoms with Gasteiger partial charge in [-0.05, 0) is 6.07 Å². The van der Waals surface area contributed by atoms with Crippen molar-refractivity contribution in [2.24, 2.45) is 12.1 Å². The fraction of sp³-hybridized carbons (Fsp3) is 0.294. The van der Waals surface area contributed by atoms with Gasteiger partial charge in [-0.2, -0.15) is 5.10 Å². The van der Waals surface area contributed by atoms with Crippen LogP contribution in [0.25, 0.3) is 0 Å². The molecule has 2 amide bonds. The second-order valence-corrected chi connectivity index (χ2v) is 5.79. The summed E-state index contributed by atoms with van der Waals surface area (Å²) in [6.07, 6.45) is 3.77. The number of aromatic nitrogens is 2. The third-order valence-corrected chi connectivity index (χ3v) is 4.08. The summed E-state index contributed by atoms with van der Waals surface area (Å²) in [6, 6.07) is 5.46. The van der Waals surface area contributed by atoms with Gasteiger partial charge in [-0.15, -0.1) is 0 Å². The van der Waals surface area contributed by atoms with Crippen LogP contribution in [-0.2, 0) is 16.6 Å². The van der Waals surface area contributed by atoms with Gasteiger partial charge in [-0.3, -0.25) is 9.59 Å². The van der Waals surface area contributed by atoms with Gasteiger partial charge in [0.15, 0.2) is 0 Å². The lowest BCUT2D eigenvalue weighted by atomic mass is 10.0. The van der Waals surface area contributed by atoms with Crippen molar-refractivity contribution in [1.82, 2.24) is 19.9 Å². The lowest BCUT2D eigenvalue weighted by Gasteiger charge is -2.23. The van der Waals surface area contributed by atoms with Gasteiger partial charge < -0.3 is 9.88 Å². The first-order chi connectivity index (χ1) is 12.0. The van der Waals surface area contributed by atoms with Crippen LogP contribution in [0.2, 0.25) is 0 Å². The molecule has 3 rings (SSSR count). The minimum Gasteiger partial charge on any atom is -0.337 e. The molecule has 2 heterocycles. The summed E-state index contributed by atoms with van der Waals surface area (Å²) in [5.74, 6) is -0.533. The molecule has 1 aliphatic heterocycles. The average Bonchev–Trinajstić information content (AvgIpc) is 3.01. The lowest BCUT2D eigenvalue weighted by Crippen LogP contribution is -2.40. The molecule has 0 saturated carbocycles. The van der Waals surface area contributed by atoms with Crippen molar-refractivity contribution >= 4 is 17.5 Å². The number of amides is 2. The fourth-order valence-electron chi connectivity index (χ4n) is 2.69. The van der Waals surface area contributed by atoms with Crippen LogP contribution in [0.15, 0.2) is 41.8 Å². The number of carbonyl (C=O) groups is 2. The smallest absolute Gasteiger partial charge is 0.268 e. The van der Waals surface area contributed by atoms with Gasteiger partial charge in [-0.25, -0.2) is 14.4 Å². The molecule has 1 N–H and O–H groups in total. The van der Waals surface area contributed by atoms with E-state index >= 15 is 0 Å². The molecule has 130 valence electrons. The Bertz CT molecular complexity index is 845. The molecule has 0 radical (unpaired) electrons. The maximum atomic E-state index is 14.3. The van der Waals surface area contributed by atoms with E-state index in [2.05, 4.69) is 15.4 Å². The Hall–Kier alpha value is -3.03. The monoisotopic (exact) mass is 343 g/mol. The van der Waals surface area contributed by atoms with Crippen molar-refractivity contribution in [2.45, 2.75) is 18.9 Å². The van der Waals surface area contributed by atoms with Crippen LogP contribution < -0.4 is 5.32 Å². The highest BCUT2D eigenvalue weighted by molar-refractivity contribution is 6.39. The third-order valence-electron chi connectivity index (χ3n) is 4.08. The lowest BCUT2D eigenvalue weighted by molar-refractivity contribution is -0.130. The number of aryl methyl sites for hydroxylation is 1. The molecule has 1 aromatic carbocycles. The van der Waals surface area contributed by atoms with Crippen LogP contribution in [0.1, 0.15) is 30.3 Å². The van der Waals surface area contributed by atoms with E-state index in [0.29, 0.717) is 11.4 Å². The van der Waals surface area contributed by atoms with Gasteiger partial charge in [-0.1, -0.05) is 18.2 Å². The molecule has 0 aliphatic carbocycles. The van der Waals surface area contributed by atoms with Gasteiger partial charge in [0.2, 0.25) is 5.91 Å². The van der Waals surface area contributed by atoms with Crippen LogP contribution in [0.3, 0.4) is 0 Å². The second kappa shape index (κ2) is 6.84. The summed E-state index contributed by atoms with van der Waals surface area (Å²) in [4.78, 5) is 28.4. The predicted octanol–water partition coefficient (Wildman–Crippen LogP) is 1.37. The molecule has 0 fully saturated rings. The minimum atomic E-state index is -0.765. The Morgan fingerprint density at radius 3 is 2.68 bits per heavy atom. The van der Waals surface area contributed by atoms with Crippen molar-refractivity contribution in [3.63, 3.8) is 0 Å². The number of nitrogens with zero attached hydrogens (tertiary/aromatic N) is 4. The van der Waals surface area contributed by atoms with Crippen LogP contribution in [-0.4, -0.2) is 39.1 Å². The highest BCUT2D eigenvalue weighted by atomic mass is 19.1. The third kappa shape index (κ3) is 3.42. The van der Waals surface area contributed by atoms with E-state index in [1.54, 1.807) is 42.2 Å². The van der Waals surface area contributed by atoms with Gasteiger partial charge >= 0.3 is 0 Å². The fourth-order valence-corrected chi connectivity index (χ4v) is 2.69. The average molecular weight is 343 g/mol. The van der Waals surface area contributed by atoms with Crippen molar-refractivity contribution in [2.75, 3.05) is 7.05 Å². The van der Waals surface area contributed by atoms with Gasteiger partial charge in [0.25, 0.3) is 5.91 Å². The molecular formula is C17H18FN5O2. The van der Waals surface area contributed by atoms with E-state index in [0.717, 1.165) is 5.01 Å². The number of carbonyl (C=O) groups excluding carboxylic acids is 2. The van der Waals surface area contributed by atoms with Crippen LogP contribution in [0.4, 0.5) is 4.39 Å². The number of hydrogen-bond acceptors (Lipinski definition) is 4. The SMILES string of the molecule is CN1N=C(C(=O)N[C@H](c2ccccc2F)c2nccn2C)CCC1=O. The highest BCUT2D eigenvalue weighted by Gasteiger charge is 2.28. The van der Waals surface area contributed by atoms with Crippen molar-refractivity contribution in [3.05, 3.63) is 53.9 Å². The zero-order valence-electron chi connectivity index (χ0n) is 13.9. The van der Waals surface area contributed by atoms with E-state index in [-0.39, 0.29) is 24.5 Å². The largest absolute Gasteiger partial charge is 0.337 e. The predicted molar refractivity (Wildman–Crippen MR) is 89.0 cm³/mol. The number of rotatable bonds is 4. The number of hydrogen-bond donors (Lipinski definition) is 1. The first-order valence-electron chi connectivity index (χ1n) is 7.84. The quantitative estimate of drug-likeness (QED) is 0.911. The maximum absolute atomic E-state index is 14.3. The molecule has 1 aliphatic rings. The van der Waals surface area contributed by atoms with E-state index < -0.39 is 17.8 Å². The number of imidazole rings is 1. The summed E-state index contributed by atoms with van der Waals surface area (Å²) in [5.41, 5.74) is 0.545. The van der Waals surface area contributed by atoms with E-state index in [4.69, 9.17) is 0 Å². The molecular weight excluding hydrogens is 325 g/mol. The van der Waals surface area contributed by atoms with Crippen molar-refractivity contribution in [3.8, 4) is 0 Å². The number of halogens is 1. The standard InChI is InChI=1S/C17H18FN5O2/c1-22-10-9-19-16(22)15(11-5-3-4-6-12(11)18)20-17(25)13-7-8-14(24)23(2)21-13/h3-6,9-10,15H,7-8H2,1-2H3,(H,20,25)/t15-/m1/s1. The Balaban J connectivity index is 1.93. The molecule has 0 unspecified atom stereocenters. The number of hydrazone groups is 1.